The Labute approximate surface area is 58.2 Å². The molecule has 1 fully saturated rings. The van der Waals surface area contributed by atoms with Crippen LogP contribution < -0.4 is 16.5 Å². The molecule has 0 unspecified atom stereocenters. The normalized spacial score (nSPS) is 19.2. The maximum atomic E-state index is 10.1. The highest BCUT2D eigenvalue weighted by Gasteiger charge is 2.11. The van der Waals surface area contributed by atoms with E-state index in [2.05, 4.69) is 5.32 Å². The zero-order valence-corrected chi connectivity index (χ0v) is 5.46. The second-order valence-corrected chi connectivity index (χ2v) is 1.92. The molecule has 0 bridgehead atoms. The van der Waals surface area contributed by atoms with Gasteiger partial charge in [0.2, 0.25) is 0 Å². The molecule has 10 heavy (non-hydrogen) atoms. The van der Waals surface area contributed by atoms with E-state index in [0.29, 0.717) is 6.67 Å². The summed E-state index contributed by atoms with van der Waals surface area (Å²) in [7, 11) is 0. The third-order valence-electron chi connectivity index (χ3n) is 1.10. The van der Waals surface area contributed by atoms with Crippen molar-refractivity contribution in [2.75, 3.05) is 19.8 Å². The maximum absolute atomic E-state index is 10.1. The zero-order chi connectivity index (χ0) is 7.40. The number of amides is 2. The first-order valence-corrected chi connectivity index (χ1v) is 2.97. The second-order valence-electron chi connectivity index (χ2n) is 1.92. The third kappa shape index (κ3) is 2.18. The van der Waals surface area contributed by atoms with Gasteiger partial charge in [0.1, 0.15) is 0 Å². The minimum atomic E-state index is -0.688. The molecule has 0 spiro atoms. The molecule has 0 radical (unpaired) electrons. The van der Waals surface area contributed by atoms with Gasteiger partial charge in [0.25, 0.3) is 0 Å². The van der Waals surface area contributed by atoms with E-state index in [-0.39, 0.29) is 0 Å². The number of nitrogens with one attached hydrogen (secondary N) is 2. The summed E-state index contributed by atoms with van der Waals surface area (Å²) in [6.07, 6.45) is 0. The topological polar surface area (TPSA) is 79.6 Å². The van der Waals surface area contributed by atoms with Gasteiger partial charge in [-0.1, -0.05) is 0 Å². The Balaban J connectivity index is 2.07. The predicted octanol–water partition coefficient (Wildman–Crippen LogP) is -1.64. The van der Waals surface area contributed by atoms with Gasteiger partial charge in [-0.15, -0.1) is 5.06 Å². The maximum Gasteiger partial charge on any atom is 0.337 e. The molecule has 0 atom stereocenters. The zero-order valence-electron chi connectivity index (χ0n) is 5.46. The monoisotopic (exact) mass is 146 g/mol. The highest BCUT2D eigenvalue weighted by molar-refractivity contribution is 5.70. The Morgan fingerprint density at radius 2 is 2.60 bits per heavy atom. The summed E-state index contributed by atoms with van der Waals surface area (Å²) >= 11 is 0. The van der Waals surface area contributed by atoms with Crippen LogP contribution in [0.3, 0.4) is 0 Å². The lowest BCUT2D eigenvalue weighted by atomic mass is 10.7. The van der Waals surface area contributed by atoms with Crippen molar-refractivity contribution in [3.05, 3.63) is 0 Å². The van der Waals surface area contributed by atoms with E-state index in [4.69, 9.17) is 10.7 Å². The van der Waals surface area contributed by atoms with E-state index >= 15 is 0 Å². The molecule has 2 amide bonds. The number of carbonyl (C=O) groups is 1. The van der Waals surface area contributed by atoms with Gasteiger partial charge in [0.15, 0.2) is 0 Å². The van der Waals surface area contributed by atoms with Crippen LogP contribution in [0, 0.1) is 0 Å². The summed E-state index contributed by atoms with van der Waals surface area (Å²) < 4.78 is 0. The molecular weight excluding hydrogens is 136 g/mol. The molecule has 58 valence electrons. The molecule has 1 aliphatic heterocycles. The Bertz CT molecular complexity index is 122. The number of hydroxylamine groups is 3. The van der Waals surface area contributed by atoms with E-state index in [9.17, 15) is 4.79 Å². The summed E-state index contributed by atoms with van der Waals surface area (Å²) in [6.45, 7) is 2.22. The lowest BCUT2D eigenvalue weighted by molar-refractivity contribution is -0.180. The molecule has 0 aliphatic carbocycles. The van der Waals surface area contributed by atoms with Crippen LogP contribution in [-0.2, 0) is 4.94 Å². The largest absolute Gasteiger partial charge is 0.350 e. The van der Waals surface area contributed by atoms with Crippen LogP contribution in [0.5, 0.6) is 0 Å². The summed E-state index contributed by atoms with van der Waals surface area (Å²) in [5, 5.41) is 4.57. The highest BCUT2D eigenvalue weighted by atomic mass is 16.8. The van der Waals surface area contributed by atoms with Crippen LogP contribution >= 0.6 is 0 Å². The van der Waals surface area contributed by atoms with Crippen LogP contribution in [-0.4, -0.2) is 30.9 Å². The van der Waals surface area contributed by atoms with Gasteiger partial charge in [-0.25, -0.2) is 4.79 Å². The average molecular weight is 146 g/mol. The smallest absolute Gasteiger partial charge is 0.337 e. The number of nitrogens with two attached hydrogens (primary N) is 1. The summed E-state index contributed by atoms with van der Waals surface area (Å²) in [5.41, 5.74) is 6.76. The van der Waals surface area contributed by atoms with Gasteiger partial charge < -0.3 is 11.1 Å². The highest BCUT2D eigenvalue weighted by Crippen LogP contribution is 1.89. The molecular formula is C4H10N4O2. The molecule has 1 rings (SSSR count). The van der Waals surface area contributed by atoms with Crippen LogP contribution in [0.25, 0.3) is 0 Å². The molecule has 0 aromatic carbocycles. The first-order valence-electron chi connectivity index (χ1n) is 2.97. The van der Waals surface area contributed by atoms with Gasteiger partial charge in [-0.3, -0.25) is 0 Å². The van der Waals surface area contributed by atoms with Crippen molar-refractivity contribution in [3.8, 4) is 0 Å². The number of hydrogen-bond acceptors (Lipinski definition) is 4. The molecule has 1 saturated heterocycles. The molecule has 0 aromatic heterocycles. The summed E-state index contributed by atoms with van der Waals surface area (Å²) in [6, 6.07) is -0.688. The number of carbonyl (C=O) groups excluding carboxylic acids is 1. The van der Waals surface area contributed by atoms with E-state index in [1.54, 1.807) is 5.06 Å². The molecule has 6 nitrogen and oxygen atoms in total. The van der Waals surface area contributed by atoms with Gasteiger partial charge >= 0.3 is 6.03 Å². The second kappa shape index (κ2) is 3.35. The fraction of sp³-hybridized carbons (Fsp3) is 0.750. The Morgan fingerprint density at radius 3 is 3.10 bits per heavy atom. The van der Waals surface area contributed by atoms with Crippen molar-refractivity contribution >= 4 is 6.03 Å². The molecule has 1 heterocycles. The van der Waals surface area contributed by atoms with Crippen molar-refractivity contribution in [3.63, 3.8) is 0 Å². The summed E-state index contributed by atoms with van der Waals surface area (Å²) in [4.78, 5) is 14.8. The average Bonchev–Trinajstić information content (AvgIpc) is 2.34. The number of nitrogens with zero attached hydrogens (tertiary/aromatic N) is 1. The predicted molar refractivity (Wildman–Crippen MR) is 33.4 cm³/mol. The fourth-order valence-electron chi connectivity index (χ4n) is 0.674. The first kappa shape index (κ1) is 7.26. The standard InChI is InChI=1S/C4H10N4O2/c5-4(9)7-10-8-2-1-6-3-8/h6H,1-3H2,(H3,5,7,9). The lowest BCUT2D eigenvalue weighted by Gasteiger charge is -2.11. The summed E-state index contributed by atoms with van der Waals surface area (Å²) in [5.74, 6) is 0. The van der Waals surface area contributed by atoms with Gasteiger partial charge in [-0.2, -0.15) is 10.4 Å². The Kier molecular flexibility index (Phi) is 2.43. The molecule has 4 N–H and O–H groups in total. The minimum Gasteiger partial charge on any atom is -0.350 e. The molecule has 6 heteroatoms. The third-order valence-corrected chi connectivity index (χ3v) is 1.10. The van der Waals surface area contributed by atoms with E-state index in [1.165, 1.54) is 0 Å². The fourth-order valence-corrected chi connectivity index (χ4v) is 0.674. The van der Waals surface area contributed by atoms with Crippen molar-refractivity contribution in [1.29, 1.82) is 0 Å². The van der Waals surface area contributed by atoms with E-state index < -0.39 is 6.03 Å². The first-order chi connectivity index (χ1) is 4.79. The van der Waals surface area contributed by atoms with E-state index in [0.717, 1.165) is 13.1 Å². The number of rotatable bonds is 2. The van der Waals surface area contributed by atoms with Crippen molar-refractivity contribution < 1.29 is 9.73 Å². The minimum absolute atomic E-state index is 0.611. The number of primary amides is 1. The number of hydrogen-bond donors (Lipinski definition) is 3. The van der Waals surface area contributed by atoms with Gasteiger partial charge in [0, 0.05) is 13.1 Å². The number of urea groups is 1. The molecule has 1 aliphatic rings. The Hall–Kier alpha value is -0.850. The SMILES string of the molecule is NC(=O)NON1CCNC1. The van der Waals surface area contributed by atoms with Gasteiger partial charge in [-0.05, 0) is 0 Å². The van der Waals surface area contributed by atoms with Crippen LogP contribution in [0.1, 0.15) is 0 Å². The Morgan fingerprint density at radius 1 is 1.80 bits per heavy atom. The quantitative estimate of drug-likeness (QED) is 0.408. The van der Waals surface area contributed by atoms with Crippen molar-refractivity contribution in [2.24, 2.45) is 5.73 Å². The van der Waals surface area contributed by atoms with Crippen molar-refractivity contribution in [2.45, 2.75) is 0 Å². The van der Waals surface area contributed by atoms with E-state index in [1.807, 2.05) is 5.48 Å². The van der Waals surface area contributed by atoms with Crippen LogP contribution in [0.15, 0.2) is 0 Å². The van der Waals surface area contributed by atoms with Crippen molar-refractivity contribution in [1.82, 2.24) is 15.9 Å². The molecule has 0 saturated carbocycles. The molecule has 0 aromatic rings. The lowest BCUT2D eigenvalue weighted by Crippen LogP contribution is -2.37. The van der Waals surface area contributed by atoms with Crippen LogP contribution in [0.2, 0.25) is 0 Å². The van der Waals surface area contributed by atoms with Crippen LogP contribution in [0.4, 0.5) is 4.79 Å². The van der Waals surface area contributed by atoms with Gasteiger partial charge in [0.05, 0.1) is 6.67 Å².